The molecular weight excluding hydrogens is 314 g/mol. The van der Waals surface area contributed by atoms with Crippen LogP contribution in [0.1, 0.15) is 18.0 Å². The van der Waals surface area contributed by atoms with Gasteiger partial charge >= 0.3 is 0 Å². The molecule has 0 aromatic heterocycles. The molecule has 23 heavy (non-hydrogen) atoms. The number of primary amides is 1. The number of carbonyl (C=O) groups is 1. The molecule has 2 saturated heterocycles. The maximum absolute atomic E-state index is 11.9. The Kier molecular flexibility index (Phi) is 4.70. The molecule has 2 N–H and O–H groups in total. The number of nitrogens with zero attached hydrogens (tertiary/aromatic N) is 2. The largest absolute Gasteiger partial charge is 0.368 e. The van der Waals surface area contributed by atoms with Gasteiger partial charge in [0.15, 0.2) is 9.84 Å². The summed E-state index contributed by atoms with van der Waals surface area (Å²) in [7, 11) is -2.86. The Balaban J connectivity index is 1.64. The Morgan fingerprint density at radius 2 is 1.78 bits per heavy atom. The molecule has 3 rings (SSSR count). The van der Waals surface area contributed by atoms with Gasteiger partial charge in [0.2, 0.25) is 5.91 Å². The van der Waals surface area contributed by atoms with E-state index in [0.717, 1.165) is 38.2 Å². The smallest absolute Gasteiger partial charge is 0.239 e. The minimum atomic E-state index is -2.86. The Morgan fingerprint density at radius 1 is 1.13 bits per heavy atom. The van der Waals surface area contributed by atoms with E-state index in [9.17, 15) is 13.2 Å². The molecule has 2 aliphatic heterocycles. The zero-order valence-corrected chi connectivity index (χ0v) is 13.9. The van der Waals surface area contributed by atoms with E-state index in [2.05, 4.69) is 9.80 Å². The fourth-order valence-corrected chi connectivity index (χ4v) is 5.38. The first-order valence-corrected chi connectivity index (χ1v) is 9.81. The number of rotatable bonds is 4. The highest BCUT2D eigenvalue weighted by Gasteiger charge is 2.35. The van der Waals surface area contributed by atoms with Crippen LogP contribution in [0.15, 0.2) is 30.3 Å². The zero-order chi connectivity index (χ0) is 16.4. The third-order valence-corrected chi connectivity index (χ3v) is 6.57. The molecular formula is C16H23N3O3S. The van der Waals surface area contributed by atoms with Crippen molar-refractivity contribution in [2.75, 3.05) is 37.7 Å². The fraction of sp³-hybridized carbons (Fsp3) is 0.562. The van der Waals surface area contributed by atoms with Gasteiger partial charge in [-0.25, -0.2) is 8.42 Å². The van der Waals surface area contributed by atoms with Gasteiger partial charge in [-0.3, -0.25) is 14.6 Å². The standard InChI is InChI=1S/C16H23N3O3S/c17-16(20)15(13-4-2-1-3-5-13)19-9-7-18(8-10-19)14-6-11-23(21,22)12-14/h1-5,14-15H,6-12H2,(H2,17,20)/t14-,15+/m0/s1. The Bertz CT molecular complexity index is 654. The van der Waals surface area contributed by atoms with Crippen LogP contribution < -0.4 is 5.73 Å². The van der Waals surface area contributed by atoms with Crippen molar-refractivity contribution in [1.82, 2.24) is 9.80 Å². The summed E-state index contributed by atoms with van der Waals surface area (Å²) in [6, 6.07) is 9.29. The Hall–Kier alpha value is -1.44. The normalized spacial score (nSPS) is 26.9. The van der Waals surface area contributed by atoms with Gasteiger partial charge in [-0.1, -0.05) is 30.3 Å². The molecule has 2 heterocycles. The molecule has 2 atom stereocenters. The van der Waals surface area contributed by atoms with Crippen LogP contribution in [0.2, 0.25) is 0 Å². The van der Waals surface area contributed by atoms with Crippen LogP contribution in [0.5, 0.6) is 0 Å². The van der Waals surface area contributed by atoms with Crippen molar-refractivity contribution in [3.8, 4) is 0 Å². The lowest BCUT2D eigenvalue weighted by molar-refractivity contribution is -0.124. The molecule has 1 aromatic rings. The van der Waals surface area contributed by atoms with E-state index in [1.54, 1.807) is 0 Å². The first-order chi connectivity index (χ1) is 11.0. The topological polar surface area (TPSA) is 83.7 Å². The highest BCUT2D eigenvalue weighted by Crippen LogP contribution is 2.24. The average Bonchev–Trinajstić information content (AvgIpc) is 2.89. The number of sulfone groups is 1. The number of nitrogens with two attached hydrogens (primary N) is 1. The molecule has 2 fully saturated rings. The second-order valence-electron chi connectivity index (χ2n) is 6.34. The van der Waals surface area contributed by atoms with Crippen LogP contribution in [-0.4, -0.2) is 67.9 Å². The third-order valence-electron chi connectivity index (χ3n) is 4.82. The van der Waals surface area contributed by atoms with E-state index >= 15 is 0 Å². The second-order valence-corrected chi connectivity index (χ2v) is 8.57. The van der Waals surface area contributed by atoms with Gasteiger partial charge in [0.25, 0.3) is 0 Å². The number of amides is 1. The van der Waals surface area contributed by atoms with Crippen LogP contribution >= 0.6 is 0 Å². The monoisotopic (exact) mass is 337 g/mol. The minimum Gasteiger partial charge on any atom is -0.368 e. The summed E-state index contributed by atoms with van der Waals surface area (Å²) in [5.74, 6) is 0.226. The Labute approximate surface area is 137 Å². The van der Waals surface area contributed by atoms with E-state index < -0.39 is 15.9 Å². The summed E-state index contributed by atoms with van der Waals surface area (Å²) < 4.78 is 23.3. The van der Waals surface area contributed by atoms with Crippen LogP contribution in [0.4, 0.5) is 0 Å². The molecule has 0 radical (unpaired) electrons. The number of piperazine rings is 1. The van der Waals surface area contributed by atoms with Crippen molar-refractivity contribution in [1.29, 1.82) is 0 Å². The van der Waals surface area contributed by atoms with E-state index in [-0.39, 0.29) is 17.7 Å². The SMILES string of the molecule is NC(=O)[C@@H](c1ccccc1)N1CCN([C@H]2CCS(=O)(=O)C2)CC1. The first kappa shape index (κ1) is 16.4. The van der Waals surface area contributed by atoms with Crippen molar-refractivity contribution in [3.63, 3.8) is 0 Å². The van der Waals surface area contributed by atoms with Crippen LogP contribution in [0, 0.1) is 0 Å². The molecule has 0 saturated carbocycles. The maximum atomic E-state index is 11.9. The molecule has 7 heteroatoms. The predicted molar refractivity (Wildman–Crippen MR) is 88.6 cm³/mol. The molecule has 0 unspecified atom stereocenters. The van der Waals surface area contributed by atoms with Gasteiger partial charge in [-0.05, 0) is 12.0 Å². The number of benzene rings is 1. The van der Waals surface area contributed by atoms with Crippen molar-refractivity contribution in [2.45, 2.75) is 18.5 Å². The van der Waals surface area contributed by atoms with Crippen molar-refractivity contribution in [3.05, 3.63) is 35.9 Å². The van der Waals surface area contributed by atoms with E-state index in [1.165, 1.54) is 0 Å². The molecule has 126 valence electrons. The second kappa shape index (κ2) is 6.59. The molecule has 1 aromatic carbocycles. The first-order valence-electron chi connectivity index (χ1n) is 7.99. The van der Waals surface area contributed by atoms with Gasteiger partial charge in [0.1, 0.15) is 6.04 Å². The van der Waals surface area contributed by atoms with Crippen LogP contribution in [0.3, 0.4) is 0 Å². The van der Waals surface area contributed by atoms with Gasteiger partial charge in [0.05, 0.1) is 11.5 Å². The number of carbonyl (C=O) groups excluding carboxylic acids is 1. The molecule has 6 nitrogen and oxygen atoms in total. The summed E-state index contributed by atoms with van der Waals surface area (Å²) in [6.45, 7) is 2.99. The molecule has 0 aliphatic carbocycles. The number of hydrogen-bond donors (Lipinski definition) is 1. The van der Waals surface area contributed by atoms with Gasteiger partial charge in [0, 0.05) is 32.2 Å². The van der Waals surface area contributed by atoms with E-state index in [4.69, 9.17) is 5.73 Å². The lowest BCUT2D eigenvalue weighted by atomic mass is 10.0. The molecule has 0 spiro atoms. The van der Waals surface area contributed by atoms with Crippen LogP contribution in [0.25, 0.3) is 0 Å². The Morgan fingerprint density at radius 3 is 2.30 bits per heavy atom. The van der Waals surface area contributed by atoms with E-state index in [1.807, 2.05) is 30.3 Å². The van der Waals surface area contributed by atoms with Gasteiger partial charge < -0.3 is 5.73 Å². The molecule has 1 amide bonds. The van der Waals surface area contributed by atoms with Crippen molar-refractivity contribution in [2.24, 2.45) is 5.73 Å². The average molecular weight is 337 g/mol. The minimum absolute atomic E-state index is 0.130. The summed E-state index contributed by atoms with van der Waals surface area (Å²) >= 11 is 0. The third kappa shape index (κ3) is 3.73. The van der Waals surface area contributed by atoms with Crippen molar-refractivity contribution >= 4 is 15.7 Å². The zero-order valence-electron chi connectivity index (χ0n) is 13.1. The summed E-state index contributed by atoms with van der Waals surface area (Å²) in [6.07, 6.45) is 0.722. The highest BCUT2D eigenvalue weighted by atomic mass is 32.2. The lowest BCUT2D eigenvalue weighted by Gasteiger charge is -2.40. The molecule has 0 bridgehead atoms. The summed E-state index contributed by atoms with van der Waals surface area (Å²) in [5.41, 5.74) is 6.53. The lowest BCUT2D eigenvalue weighted by Crippen LogP contribution is -2.53. The summed E-state index contributed by atoms with van der Waals surface area (Å²) in [5, 5.41) is 0. The highest BCUT2D eigenvalue weighted by molar-refractivity contribution is 7.91. The van der Waals surface area contributed by atoms with E-state index in [0.29, 0.717) is 5.75 Å². The number of hydrogen-bond acceptors (Lipinski definition) is 5. The summed E-state index contributed by atoms with van der Waals surface area (Å²) in [4.78, 5) is 16.2. The van der Waals surface area contributed by atoms with Gasteiger partial charge in [-0.15, -0.1) is 0 Å². The maximum Gasteiger partial charge on any atom is 0.239 e. The van der Waals surface area contributed by atoms with Crippen LogP contribution in [-0.2, 0) is 14.6 Å². The van der Waals surface area contributed by atoms with Crippen molar-refractivity contribution < 1.29 is 13.2 Å². The molecule has 2 aliphatic rings. The quantitative estimate of drug-likeness (QED) is 0.837. The fourth-order valence-electron chi connectivity index (χ4n) is 3.61. The van der Waals surface area contributed by atoms with Gasteiger partial charge in [-0.2, -0.15) is 0 Å². The predicted octanol–water partition coefficient (Wildman–Crippen LogP) is 0.0177.